The molecule has 0 aromatic heterocycles. The van der Waals surface area contributed by atoms with Crippen molar-refractivity contribution >= 4 is 22.4 Å². The van der Waals surface area contributed by atoms with Gasteiger partial charge in [0.25, 0.3) is 0 Å². The van der Waals surface area contributed by atoms with E-state index in [2.05, 4.69) is 13.8 Å². The molecule has 2 nitrogen and oxygen atoms in total. The zero-order valence-corrected chi connectivity index (χ0v) is 11.9. The molecule has 0 bridgehead atoms. The van der Waals surface area contributed by atoms with E-state index in [0.29, 0.717) is 22.4 Å². The number of benzene rings is 1. The summed E-state index contributed by atoms with van der Waals surface area (Å²) in [6.45, 7) is 4.19. The van der Waals surface area contributed by atoms with Gasteiger partial charge in [-0.05, 0) is 17.5 Å². The Morgan fingerprint density at radius 3 is 2.65 bits per heavy atom. The molecule has 1 aromatic carbocycles. The molecule has 2 N–H and O–H groups in total. The number of hydrogen-bond donors (Lipinski definition) is 1. The number of halogens is 1. The Morgan fingerprint density at radius 2 is 2.06 bits per heavy atom. The highest BCUT2D eigenvalue weighted by Gasteiger charge is 2.15. The second-order valence-corrected chi connectivity index (χ2v) is 6.30. The van der Waals surface area contributed by atoms with E-state index in [1.54, 1.807) is 0 Å². The fourth-order valence-electron chi connectivity index (χ4n) is 1.53. The Morgan fingerprint density at radius 1 is 1.41 bits per heavy atom. The predicted octanol–water partition coefficient (Wildman–Crippen LogP) is 2.96. The van der Waals surface area contributed by atoms with Crippen LogP contribution in [0.4, 0.5) is 0 Å². The molecule has 96 valence electrons. The molecule has 0 saturated heterocycles. The average Bonchev–Trinajstić information content (AvgIpc) is 2.31. The first-order chi connectivity index (χ1) is 8.04. The lowest BCUT2D eigenvalue weighted by atomic mass is 10.0. The number of nitrogens with two attached hydrogens (primary N) is 1. The van der Waals surface area contributed by atoms with Crippen molar-refractivity contribution in [3.63, 3.8) is 0 Å². The molecule has 3 atom stereocenters. The molecule has 1 rings (SSSR count). The summed E-state index contributed by atoms with van der Waals surface area (Å²) >= 11 is 6.03. The summed E-state index contributed by atoms with van der Waals surface area (Å²) in [7, 11) is -0.943. The first-order valence-corrected chi connectivity index (χ1v) is 7.75. The van der Waals surface area contributed by atoms with Gasteiger partial charge in [-0.25, -0.2) is 0 Å². The molecule has 0 saturated carbocycles. The molecular formula is C13H20ClNOS. The molecule has 0 aliphatic carbocycles. The quantitative estimate of drug-likeness (QED) is 0.866. The summed E-state index contributed by atoms with van der Waals surface area (Å²) < 4.78 is 12.0. The SMILES string of the molecule is CCC(C)C(N)CS(=O)Cc1ccccc1Cl. The van der Waals surface area contributed by atoms with Crippen molar-refractivity contribution in [1.82, 2.24) is 0 Å². The smallest absolute Gasteiger partial charge is 0.0501 e. The van der Waals surface area contributed by atoms with Gasteiger partial charge in [-0.3, -0.25) is 4.21 Å². The fraction of sp³-hybridized carbons (Fsp3) is 0.538. The zero-order chi connectivity index (χ0) is 12.8. The van der Waals surface area contributed by atoms with Gasteiger partial charge in [0, 0.05) is 27.6 Å². The van der Waals surface area contributed by atoms with E-state index in [1.165, 1.54) is 0 Å². The second-order valence-electron chi connectivity index (χ2n) is 4.39. The highest BCUT2D eigenvalue weighted by molar-refractivity contribution is 7.84. The molecule has 4 heteroatoms. The van der Waals surface area contributed by atoms with Gasteiger partial charge in [-0.2, -0.15) is 0 Å². The zero-order valence-electron chi connectivity index (χ0n) is 10.4. The average molecular weight is 274 g/mol. The Bertz CT molecular complexity index is 383. The third-order valence-corrected chi connectivity index (χ3v) is 4.79. The fourth-order valence-corrected chi connectivity index (χ4v) is 3.29. The monoisotopic (exact) mass is 273 g/mol. The molecule has 0 spiro atoms. The summed E-state index contributed by atoms with van der Waals surface area (Å²) in [5, 5.41) is 0.679. The van der Waals surface area contributed by atoms with Crippen LogP contribution in [0.3, 0.4) is 0 Å². The Balaban J connectivity index is 2.53. The van der Waals surface area contributed by atoms with Crippen LogP contribution in [0.25, 0.3) is 0 Å². The van der Waals surface area contributed by atoms with Gasteiger partial charge in [-0.15, -0.1) is 0 Å². The third-order valence-electron chi connectivity index (χ3n) is 3.03. The van der Waals surface area contributed by atoms with Crippen molar-refractivity contribution in [2.45, 2.75) is 32.1 Å². The van der Waals surface area contributed by atoms with Gasteiger partial charge in [-0.1, -0.05) is 50.1 Å². The van der Waals surface area contributed by atoms with Crippen LogP contribution in [0.1, 0.15) is 25.8 Å². The lowest BCUT2D eigenvalue weighted by Crippen LogP contribution is -2.33. The molecular weight excluding hydrogens is 254 g/mol. The van der Waals surface area contributed by atoms with Crippen LogP contribution < -0.4 is 5.73 Å². The van der Waals surface area contributed by atoms with E-state index < -0.39 is 10.8 Å². The summed E-state index contributed by atoms with van der Waals surface area (Å²) in [4.78, 5) is 0. The first-order valence-electron chi connectivity index (χ1n) is 5.88. The lowest BCUT2D eigenvalue weighted by Gasteiger charge is -2.17. The molecule has 17 heavy (non-hydrogen) atoms. The van der Waals surface area contributed by atoms with Crippen molar-refractivity contribution in [2.24, 2.45) is 11.7 Å². The lowest BCUT2D eigenvalue weighted by molar-refractivity contribution is 0.472. The first kappa shape index (κ1) is 14.7. The molecule has 0 aliphatic rings. The molecule has 0 fully saturated rings. The maximum Gasteiger partial charge on any atom is 0.0501 e. The maximum absolute atomic E-state index is 12.0. The summed E-state index contributed by atoms with van der Waals surface area (Å²) in [5.41, 5.74) is 6.93. The molecule has 0 heterocycles. The van der Waals surface area contributed by atoms with E-state index in [9.17, 15) is 4.21 Å². The van der Waals surface area contributed by atoms with Crippen LogP contribution >= 0.6 is 11.6 Å². The van der Waals surface area contributed by atoms with Crippen LogP contribution in [-0.2, 0) is 16.6 Å². The molecule has 0 aliphatic heterocycles. The van der Waals surface area contributed by atoms with Crippen LogP contribution in [0, 0.1) is 5.92 Å². The van der Waals surface area contributed by atoms with Gasteiger partial charge < -0.3 is 5.73 Å². The van der Waals surface area contributed by atoms with Crippen molar-refractivity contribution < 1.29 is 4.21 Å². The topological polar surface area (TPSA) is 43.1 Å². The minimum atomic E-state index is -0.943. The van der Waals surface area contributed by atoms with E-state index in [-0.39, 0.29) is 6.04 Å². The largest absolute Gasteiger partial charge is 0.327 e. The molecule has 3 unspecified atom stereocenters. The van der Waals surface area contributed by atoms with Crippen LogP contribution in [0.15, 0.2) is 24.3 Å². The Hall–Kier alpha value is -0.380. The minimum Gasteiger partial charge on any atom is -0.327 e. The molecule has 0 amide bonds. The van der Waals surface area contributed by atoms with Crippen LogP contribution in [0.2, 0.25) is 5.02 Å². The standard InChI is InChI=1S/C13H20ClNOS/c1-3-10(2)13(15)9-17(16)8-11-6-4-5-7-12(11)14/h4-7,10,13H,3,8-9,15H2,1-2H3. The van der Waals surface area contributed by atoms with Crippen LogP contribution in [-0.4, -0.2) is 16.0 Å². The van der Waals surface area contributed by atoms with Gasteiger partial charge in [0.15, 0.2) is 0 Å². The van der Waals surface area contributed by atoms with E-state index in [0.717, 1.165) is 12.0 Å². The third kappa shape index (κ3) is 4.78. The van der Waals surface area contributed by atoms with Crippen LogP contribution in [0.5, 0.6) is 0 Å². The molecule has 0 radical (unpaired) electrons. The summed E-state index contributed by atoms with van der Waals surface area (Å²) in [5.74, 6) is 1.44. The normalized spacial score (nSPS) is 16.5. The van der Waals surface area contributed by atoms with Gasteiger partial charge >= 0.3 is 0 Å². The van der Waals surface area contributed by atoms with Crippen molar-refractivity contribution in [1.29, 1.82) is 0 Å². The Labute approximate surface area is 111 Å². The van der Waals surface area contributed by atoms with Gasteiger partial charge in [0.2, 0.25) is 0 Å². The van der Waals surface area contributed by atoms with Gasteiger partial charge in [0.05, 0.1) is 5.75 Å². The minimum absolute atomic E-state index is 0.00308. The Kier molecular flexibility index (Phi) is 6.17. The van der Waals surface area contributed by atoms with Crippen molar-refractivity contribution in [3.05, 3.63) is 34.9 Å². The second kappa shape index (κ2) is 7.14. The predicted molar refractivity (Wildman–Crippen MR) is 75.6 cm³/mol. The van der Waals surface area contributed by atoms with E-state index in [4.69, 9.17) is 17.3 Å². The van der Waals surface area contributed by atoms with E-state index in [1.807, 2.05) is 24.3 Å². The highest BCUT2D eigenvalue weighted by atomic mass is 35.5. The van der Waals surface area contributed by atoms with Crippen molar-refractivity contribution in [3.8, 4) is 0 Å². The maximum atomic E-state index is 12.0. The van der Waals surface area contributed by atoms with Gasteiger partial charge in [0.1, 0.15) is 0 Å². The number of rotatable bonds is 6. The number of hydrogen-bond acceptors (Lipinski definition) is 2. The van der Waals surface area contributed by atoms with E-state index >= 15 is 0 Å². The van der Waals surface area contributed by atoms with Crippen molar-refractivity contribution in [2.75, 3.05) is 5.75 Å². The summed E-state index contributed by atoms with van der Waals surface area (Å²) in [6, 6.07) is 7.52. The summed E-state index contributed by atoms with van der Waals surface area (Å²) in [6.07, 6.45) is 1.02. The highest BCUT2D eigenvalue weighted by Crippen LogP contribution is 2.17. The molecule has 1 aromatic rings.